The van der Waals surface area contributed by atoms with Crippen LogP contribution in [0.5, 0.6) is 0 Å². The first kappa shape index (κ1) is 15.4. The highest BCUT2D eigenvalue weighted by Gasteiger charge is 2.37. The first-order valence-electron chi connectivity index (χ1n) is 6.47. The Morgan fingerprint density at radius 2 is 1.83 bits per heavy atom. The number of hydrogen-bond donors (Lipinski definition) is 1. The van der Waals surface area contributed by atoms with Gasteiger partial charge in [-0.1, -0.05) is 28.9 Å². The van der Waals surface area contributed by atoms with E-state index in [0.29, 0.717) is 10.6 Å². The number of nitrogens with zero attached hydrogens (tertiary/aromatic N) is 4. The molecule has 0 saturated carbocycles. The summed E-state index contributed by atoms with van der Waals surface area (Å²) in [6.07, 6.45) is -3.24. The van der Waals surface area contributed by atoms with E-state index >= 15 is 0 Å². The predicted molar refractivity (Wildman–Crippen MR) is 75.8 cm³/mol. The molecule has 2 heterocycles. The standard InChI is InChI=1S/C14H9ClF3N5/c15-9-5-3-8(4-6-9)11(13-20-22-23-21-13)12-10(14(16,17)18)2-1-7-19-12/h1-7,11H,(H,20,21,22,23)/t11-/m0/s1. The summed E-state index contributed by atoms with van der Waals surface area (Å²) in [7, 11) is 0. The number of aromatic nitrogens is 5. The average Bonchev–Trinajstić information content (AvgIpc) is 3.03. The van der Waals surface area contributed by atoms with Crippen LogP contribution in [0.25, 0.3) is 0 Å². The van der Waals surface area contributed by atoms with Crippen molar-refractivity contribution in [3.63, 3.8) is 0 Å². The van der Waals surface area contributed by atoms with Crippen LogP contribution in [0.15, 0.2) is 42.6 Å². The van der Waals surface area contributed by atoms with Gasteiger partial charge in [0.1, 0.15) is 0 Å². The number of halogens is 4. The molecule has 0 spiro atoms. The van der Waals surface area contributed by atoms with Gasteiger partial charge in [0.2, 0.25) is 0 Å². The van der Waals surface area contributed by atoms with E-state index in [1.54, 1.807) is 24.3 Å². The Hall–Kier alpha value is -2.48. The molecule has 1 atom stereocenters. The number of H-pyrrole nitrogens is 1. The Morgan fingerprint density at radius 1 is 1.09 bits per heavy atom. The quantitative estimate of drug-likeness (QED) is 0.793. The molecule has 0 saturated heterocycles. The van der Waals surface area contributed by atoms with Crippen molar-refractivity contribution in [1.29, 1.82) is 0 Å². The second kappa shape index (κ2) is 5.96. The van der Waals surface area contributed by atoms with E-state index in [1.807, 2.05) is 0 Å². The zero-order valence-electron chi connectivity index (χ0n) is 11.4. The Balaban J connectivity index is 2.20. The molecule has 0 aliphatic heterocycles. The Kier molecular flexibility index (Phi) is 3.99. The SMILES string of the molecule is FC(F)(F)c1cccnc1[C@H](c1ccc(Cl)cc1)c1nn[nH]n1. The summed E-state index contributed by atoms with van der Waals surface area (Å²) in [4.78, 5) is 3.93. The zero-order chi connectivity index (χ0) is 16.4. The lowest BCUT2D eigenvalue weighted by Gasteiger charge is -2.18. The lowest BCUT2D eigenvalue weighted by Crippen LogP contribution is -2.16. The van der Waals surface area contributed by atoms with Gasteiger partial charge < -0.3 is 0 Å². The summed E-state index contributed by atoms with van der Waals surface area (Å²) in [6, 6.07) is 8.60. The normalized spacial score (nSPS) is 13.0. The van der Waals surface area contributed by atoms with E-state index in [-0.39, 0.29) is 11.5 Å². The third-order valence-corrected chi connectivity index (χ3v) is 3.49. The van der Waals surface area contributed by atoms with Crippen molar-refractivity contribution >= 4 is 11.6 Å². The number of hydrogen-bond acceptors (Lipinski definition) is 4. The molecule has 0 bridgehead atoms. The van der Waals surface area contributed by atoms with Gasteiger partial charge in [-0.15, -0.1) is 10.2 Å². The molecule has 1 aromatic carbocycles. The lowest BCUT2D eigenvalue weighted by molar-refractivity contribution is -0.138. The number of pyridine rings is 1. The second-order valence-corrected chi connectivity index (χ2v) is 5.12. The minimum absolute atomic E-state index is 0.0940. The maximum absolute atomic E-state index is 13.3. The molecule has 3 aromatic rings. The molecule has 0 fully saturated rings. The van der Waals surface area contributed by atoms with E-state index < -0.39 is 17.7 Å². The predicted octanol–water partition coefficient (Wildman–Crippen LogP) is 3.45. The van der Waals surface area contributed by atoms with Crippen LogP contribution in [-0.2, 0) is 6.18 Å². The van der Waals surface area contributed by atoms with Crippen molar-refractivity contribution in [2.24, 2.45) is 0 Å². The van der Waals surface area contributed by atoms with E-state index in [0.717, 1.165) is 6.07 Å². The summed E-state index contributed by atoms with van der Waals surface area (Å²) in [6.45, 7) is 0. The topological polar surface area (TPSA) is 67.3 Å². The molecule has 1 N–H and O–H groups in total. The van der Waals surface area contributed by atoms with Gasteiger partial charge in [0.05, 0.1) is 17.2 Å². The van der Waals surface area contributed by atoms with Crippen LogP contribution in [-0.4, -0.2) is 25.6 Å². The lowest BCUT2D eigenvalue weighted by atomic mass is 9.91. The summed E-state index contributed by atoms with van der Waals surface area (Å²) < 4.78 is 39.9. The fraction of sp³-hybridized carbons (Fsp3) is 0.143. The summed E-state index contributed by atoms with van der Waals surface area (Å²) >= 11 is 5.85. The van der Waals surface area contributed by atoms with Crippen LogP contribution in [0, 0.1) is 0 Å². The highest BCUT2D eigenvalue weighted by Crippen LogP contribution is 2.38. The summed E-state index contributed by atoms with van der Waals surface area (Å²) in [5.74, 6) is -0.819. The molecule has 0 aliphatic rings. The van der Waals surface area contributed by atoms with Crippen molar-refractivity contribution in [2.45, 2.75) is 12.1 Å². The molecule has 9 heteroatoms. The third-order valence-electron chi connectivity index (χ3n) is 3.24. The van der Waals surface area contributed by atoms with Crippen LogP contribution in [0.2, 0.25) is 5.02 Å². The maximum atomic E-state index is 13.3. The van der Waals surface area contributed by atoms with Crippen LogP contribution in [0.3, 0.4) is 0 Å². The minimum Gasteiger partial charge on any atom is -0.260 e. The van der Waals surface area contributed by atoms with Gasteiger partial charge in [-0.25, -0.2) is 0 Å². The van der Waals surface area contributed by atoms with E-state index in [2.05, 4.69) is 25.6 Å². The monoisotopic (exact) mass is 339 g/mol. The van der Waals surface area contributed by atoms with Gasteiger partial charge in [-0.05, 0) is 29.8 Å². The number of aromatic amines is 1. The highest BCUT2D eigenvalue weighted by molar-refractivity contribution is 6.30. The zero-order valence-corrected chi connectivity index (χ0v) is 12.2. The first-order valence-corrected chi connectivity index (χ1v) is 6.85. The maximum Gasteiger partial charge on any atom is 0.418 e. The fourth-order valence-corrected chi connectivity index (χ4v) is 2.39. The third kappa shape index (κ3) is 3.16. The van der Waals surface area contributed by atoms with Crippen molar-refractivity contribution in [3.05, 3.63) is 70.3 Å². The van der Waals surface area contributed by atoms with Gasteiger partial charge in [-0.3, -0.25) is 4.98 Å². The largest absolute Gasteiger partial charge is 0.418 e. The Labute approximate surface area is 133 Å². The minimum atomic E-state index is -4.54. The molecule has 23 heavy (non-hydrogen) atoms. The van der Waals surface area contributed by atoms with E-state index in [1.165, 1.54) is 12.3 Å². The highest BCUT2D eigenvalue weighted by atomic mass is 35.5. The second-order valence-electron chi connectivity index (χ2n) is 4.69. The molecule has 3 rings (SSSR count). The molecule has 5 nitrogen and oxygen atoms in total. The number of benzene rings is 1. The van der Waals surface area contributed by atoms with Crippen molar-refractivity contribution in [3.8, 4) is 0 Å². The molecular formula is C14H9ClF3N5. The fourth-order valence-electron chi connectivity index (χ4n) is 2.26. The average molecular weight is 340 g/mol. The summed E-state index contributed by atoms with van der Waals surface area (Å²) in [5, 5.41) is 13.8. The van der Waals surface area contributed by atoms with Crippen molar-refractivity contribution in [1.82, 2.24) is 25.6 Å². The molecule has 0 unspecified atom stereocenters. The molecule has 0 amide bonds. The van der Waals surface area contributed by atoms with Crippen molar-refractivity contribution < 1.29 is 13.2 Å². The molecular weight excluding hydrogens is 331 g/mol. The number of rotatable bonds is 3. The van der Waals surface area contributed by atoms with Crippen LogP contribution < -0.4 is 0 Å². The van der Waals surface area contributed by atoms with Gasteiger partial charge in [0.15, 0.2) is 5.82 Å². The van der Waals surface area contributed by atoms with Gasteiger partial charge in [-0.2, -0.15) is 18.4 Å². The Bertz CT molecular complexity index is 787. The van der Waals surface area contributed by atoms with Gasteiger partial charge >= 0.3 is 6.18 Å². The van der Waals surface area contributed by atoms with E-state index in [9.17, 15) is 13.2 Å². The molecule has 2 aromatic heterocycles. The van der Waals surface area contributed by atoms with Crippen LogP contribution >= 0.6 is 11.6 Å². The van der Waals surface area contributed by atoms with Crippen LogP contribution in [0.1, 0.15) is 28.6 Å². The van der Waals surface area contributed by atoms with E-state index in [4.69, 9.17) is 11.6 Å². The number of alkyl halides is 3. The molecule has 118 valence electrons. The first-order chi connectivity index (χ1) is 11.0. The van der Waals surface area contributed by atoms with Gasteiger partial charge in [0, 0.05) is 11.2 Å². The van der Waals surface area contributed by atoms with Crippen LogP contribution in [0.4, 0.5) is 13.2 Å². The smallest absolute Gasteiger partial charge is 0.260 e. The summed E-state index contributed by atoms with van der Waals surface area (Å²) in [5.41, 5.74) is -0.506. The molecule has 0 radical (unpaired) electrons. The molecule has 0 aliphatic carbocycles. The number of nitrogens with one attached hydrogen (secondary N) is 1. The number of tetrazole rings is 1. The van der Waals surface area contributed by atoms with Crippen molar-refractivity contribution in [2.75, 3.05) is 0 Å². The van der Waals surface area contributed by atoms with Gasteiger partial charge in [0.25, 0.3) is 0 Å². The Morgan fingerprint density at radius 3 is 2.43 bits per heavy atom.